The molecule has 1 amide bonds. The van der Waals surface area contributed by atoms with Crippen molar-refractivity contribution in [2.24, 2.45) is 5.92 Å². The molecule has 0 atom stereocenters. The van der Waals surface area contributed by atoms with Gasteiger partial charge in [0.05, 0.1) is 0 Å². The maximum absolute atomic E-state index is 12.0. The summed E-state index contributed by atoms with van der Waals surface area (Å²) in [7, 11) is 0. The van der Waals surface area contributed by atoms with Crippen LogP contribution in [0.4, 0.5) is 0 Å². The average Bonchev–Trinajstić information content (AvgIpc) is 2.71. The van der Waals surface area contributed by atoms with E-state index in [-0.39, 0.29) is 0 Å². The van der Waals surface area contributed by atoms with Crippen LogP contribution in [-0.2, 0) is 4.79 Å². The van der Waals surface area contributed by atoms with Crippen molar-refractivity contribution in [1.82, 2.24) is 4.90 Å². The van der Waals surface area contributed by atoms with E-state index >= 15 is 0 Å². The first-order valence-corrected chi connectivity index (χ1v) is 6.14. The van der Waals surface area contributed by atoms with Crippen LogP contribution in [0.3, 0.4) is 0 Å². The highest BCUT2D eigenvalue weighted by Crippen LogP contribution is 2.28. The number of likely N-dealkylation sites (tertiary alicyclic amines) is 1. The number of halogens is 1. The predicted molar refractivity (Wildman–Crippen MR) is 57.4 cm³/mol. The molecule has 0 bridgehead atoms. The number of amides is 1. The van der Waals surface area contributed by atoms with Crippen LogP contribution in [0, 0.1) is 5.92 Å². The summed E-state index contributed by atoms with van der Waals surface area (Å²) in [4.78, 5) is 14.0. The van der Waals surface area contributed by atoms with Gasteiger partial charge in [0.15, 0.2) is 0 Å². The minimum atomic E-state index is 0.294. The van der Waals surface area contributed by atoms with Gasteiger partial charge >= 0.3 is 0 Å². The highest BCUT2D eigenvalue weighted by molar-refractivity contribution is 6.20. The molecule has 0 unspecified atom stereocenters. The van der Waals surface area contributed by atoms with E-state index in [1.807, 2.05) is 4.90 Å². The highest BCUT2D eigenvalue weighted by atomic mass is 35.5. The monoisotopic (exact) mass is 215 g/mol. The molecule has 3 heteroatoms. The molecule has 2 rings (SSSR count). The number of hydrogen-bond donors (Lipinski definition) is 0. The maximum atomic E-state index is 12.0. The first-order valence-electron chi connectivity index (χ1n) is 5.70. The van der Waals surface area contributed by atoms with Crippen LogP contribution in [0.5, 0.6) is 0 Å². The first-order chi connectivity index (χ1) is 6.77. The number of hydrogen-bond acceptors (Lipinski definition) is 1. The molecule has 14 heavy (non-hydrogen) atoms. The van der Waals surface area contributed by atoms with E-state index in [0.29, 0.717) is 17.2 Å². The van der Waals surface area contributed by atoms with E-state index in [9.17, 15) is 4.79 Å². The second kappa shape index (κ2) is 4.52. The van der Waals surface area contributed by atoms with Crippen LogP contribution in [0.15, 0.2) is 0 Å². The van der Waals surface area contributed by atoms with Crippen LogP contribution < -0.4 is 0 Å². The minimum absolute atomic E-state index is 0.294. The normalized spacial score (nSPS) is 25.6. The summed E-state index contributed by atoms with van der Waals surface area (Å²) in [5.74, 6) is 0.730. The smallest absolute Gasteiger partial charge is 0.225 e. The Kier molecular flexibility index (Phi) is 3.32. The Balaban J connectivity index is 1.85. The SMILES string of the molecule is O=C(C1CCCC1)N1CCC(Cl)CC1. The van der Waals surface area contributed by atoms with Gasteiger partial charge in [0.2, 0.25) is 5.91 Å². The number of nitrogens with zero attached hydrogens (tertiary/aromatic N) is 1. The molecule has 0 radical (unpaired) electrons. The lowest BCUT2D eigenvalue weighted by atomic mass is 10.0. The third-order valence-corrected chi connectivity index (χ3v) is 3.88. The second-order valence-electron chi connectivity index (χ2n) is 4.48. The molecule has 0 N–H and O–H groups in total. The molecule has 0 aromatic rings. The molecular weight excluding hydrogens is 198 g/mol. The van der Waals surface area contributed by atoms with Crippen molar-refractivity contribution in [2.45, 2.75) is 43.9 Å². The molecule has 2 fully saturated rings. The van der Waals surface area contributed by atoms with Crippen molar-refractivity contribution in [3.05, 3.63) is 0 Å². The van der Waals surface area contributed by atoms with Crippen LogP contribution >= 0.6 is 11.6 Å². The largest absolute Gasteiger partial charge is 0.342 e. The van der Waals surface area contributed by atoms with Gasteiger partial charge in [-0.05, 0) is 25.7 Å². The molecule has 1 aliphatic heterocycles. The lowest BCUT2D eigenvalue weighted by Crippen LogP contribution is -2.41. The average molecular weight is 216 g/mol. The van der Waals surface area contributed by atoms with E-state index in [1.165, 1.54) is 12.8 Å². The summed E-state index contributed by atoms with van der Waals surface area (Å²) >= 11 is 6.01. The molecule has 1 saturated carbocycles. The Labute approximate surface area is 90.6 Å². The van der Waals surface area contributed by atoms with Gasteiger partial charge in [0.25, 0.3) is 0 Å². The molecule has 1 aliphatic carbocycles. The van der Waals surface area contributed by atoms with Crippen LogP contribution in [0.1, 0.15) is 38.5 Å². The van der Waals surface area contributed by atoms with Gasteiger partial charge < -0.3 is 4.90 Å². The standard InChI is InChI=1S/C11H18ClNO/c12-10-5-7-13(8-6-10)11(14)9-3-1-2-4-9/h9-10H,1-8H2. The predicted octanol–water partition coefficient (Wildman–Crippen LogP) is 2.41. The zero-order valence-electron chi connectivity index (χ0n) is 8.54. The Morgan fingerprint density at radius 3 is 2.21 bits per heavy atom. The molecule has 80 valence electrons. The minimum Gasteiger partial charge on any atom is -0.342 e. The summed E-state index contributed by atoms with van der Waals surface area (Å²) < 4.78 is 0. The molecule has 1 saturated heterocycles. The van der Waals surface area contributed by atoms with Gasteiger partial charge in [-0.2, -0.15) is 0 Å². The molecule has 2 nitrogen and oxygen atoms in total. The Bertz CT molecular complexity index is 205. The summed E-state index contributed by atoms with van der Waals surface area (Å²) in [5, 5.41) is 0.294. The number of piperidine rings is 1. The third-order valence-electron chi connectivity index (χ3n) is 3.44. The Morgan fingerprint density at radius 2 is 1.64 bits per heavy atom. The molecule has 1 heterocycles. The van der Waals surface area contributed by atoms with Crippen molar-refractivity contribution < 1.29 is 4.79 Å². The van der Waals surface area contributed by atoms with E-state index in [1.54, 1.807) is 0 Å². The fourth-order valence-corrected chi connectivity index (χ4v) is 2.69. The second-order valence-corrected chi connectivity index (χ2v) is 5.10. The molecule has 0 aromatic carbocycles. The van der Waals surface area contributed by atoms with Crippen molar-refractivity contribution in [2.75, 3.05) is 13.1 Å². The van der Waals surface area contributed by atoms with Crippen molar-refractivity contribution in [3.63, 3.8) is 0 Å². The van der Waals surface area contributed by atoms with Crippen LogP contribution in [0.25, 0.3) is 0 Å². The summed E-state index contributed by atoms with van der Waals surface area (Å²) in [6.45, 7) is 1.76. The quantitative estimate of drug-likeness (QED) is 0.616. The van der Waals surface area contributed by atoms with E-state index in [4.69, 9.17) is 11.6 Å². The molecule has 2 aliphatic rings. The molecule has 0 spiro atoms. The lowest BCUT2D eigenvalue weighted by molar-refractivity contribution is -0.136. The topological polar surface area (TPSA) is 20.3 Å². The van der Waals surface area contributed by atoms with Gasteiger partial charge in [-0.25, -0.2) is 0 Å². The zero-order chi connectivity index (χ0) is 9.97. The van der Waals surface area contributed by atoms with Crippen molar-refractivity contribution >= 4 is 17.5 Å². The fraction of sp³-hybridized carbons (Fsp3) is 0.909. The van der Waals surface area contributed by atoms with Gasteiger partial charge in [0, 0.05) is 24.4 Å². The number of carbonyl (C=O) groups excluding carboxylic acids is 1. The highest BCUT2D eigenvalue weighted by Gasteiger charge is 2.29. The van der Waals surface area contributed by atoms with Gasteiger partial charge in [-0.15, -0.1) is 11.6 Å². The number of carbonyl (C=O) groups is 1. The third kappa shape index (κ3) is 2.22. The summed E-state index contributed by atoms with van der Waals surface area (Å²) in [6, 6.07) is 0. The first kappa shape index (κ1) is 10.3. The molecular formula is C11H18ClNO. The Hall–Kier alpha value is -0.240. The van der Waals surface area contributed by atoms with Crippen molar-refractivity contribution in [3.8, 4) is 0 Å². The van der Waals surface area contributed by atoms with Gasteiger partial charge in [-0.1, -0.05) is 12.8 Å². The van der Waals surface area contributed by atoms with Crippen LogP contribution in [-0.4, -0.2) is 29.3 Å². The van der Waals surface area contributed by atoms with E-state index in [0.717, 1.165) is 38.8 Å². The van der Waals surface area contributed by atoms with Gasteiger partial charge in [-0.3, -0.25) is 4.79 Å². The Morgan fingerprint density at radius 1 is 1.07 bits per heavy atom. The summed E-state index contributed by atoms with van der Waals surface area (Å²) in [5.41, 5.74) is 0. The zero-order valence-corrected chi connectivity index (χ0v) is 9.30. The van der Waals surface area contributed by atoms with E-state index < -0.39 is 0 Å². The maximum Gasteiger partial charge on any atom is 0.225 e. The number of alkyl halides is 1. The molecule has 0 aromatic heterocycles. The van der Waals surface area contributed by atoms with Gasteiger partial charge in [0.1, 0.15) is 0 Å². The van der Waals surface area contributed by atoms with Crippen molar-refractivity contribution in [1.29, 1.82) is 0 Å². The summed E-state index contributed by atoms with van der Waals surface area (Å²) in [6.07, 6.45) is 6.64. The number of rotatable bonds is 1. The van der Waals surface area contributed by atoms with Crippen LogP contribution in [0.2, 0.25) is 0 Å². The lowest BCUT2D eigenvalue weighted by Gasteiger charge is -2.31. The fourth-order valence-electron chi connectivity index (χ4n) is 2.50. The van der Waals surface area contributed by atoms with E-state index in [2.05, 4.69) is 0 Å².